The summed E-state index contributed by atoms with van der Waals surface area (Å²) in [5, 5.41) is 13.9. The number of ether oxygens (including phenoxy) is 1. The zero-order valence-corrected chi connectivity index (χ0v) is 14.9. The van der Waals surface area contributed by atoms with Gasteiger partial charge in [0, 0.05) is 43.0 Å². The van der Waals surface area contributed by atoms with E-state index in [1.807, 2.05) is 18.2 Å². The highest BCUT2D eigenvalue weighted by molar-refractivity contribution is 6.31. The van der Waals surface area contributed by atoms with Crippen LogP contribution >= 0.6 is 11.6 Å². The summed E-state index contributed by atoms with van der Waals surface area (Å²) in [6.45, 7) is 2.68. The number of carbonyl (C=O) groups is 1. The fourth-order valence-electron chi connectivity index (χ4n) is 2.73. The number of rotatable bonds is 4. The van der Waals surface area contributed by atoms with E-state index >= 15 is 0 Å². The number of hydrogen-bond acceptors (Lipinski definition) is 5. The Hall–Kier alpha value is -2.51. The fourth-order valence-corrected chi connectivity index (χ4v) is 2.92. The molecule has 138 valence electrons. The van der Waals surface area contributed by atoms with Crippen molar-refractivity contribution in [3.8, 4) is 5.75 Å². The number of carbonyl (C=O) groups excluding carboxylic acids is 1. The van der Waals surface area contributed by atoms with Gasteiger partial charge >= 0.3 is 6.09 Å². The Kier molecular flexibility index (Phi) is 5.80. The summed E-state index contributed by atoms with van der Waals surface area (Å²) in [7, 11) is 0. The summed E-state index contributed by atoms with van der Waals surface area (Å²) in [6, 6.07) is 8.76. The minimum absolute atomic E-state index is 0.156. The predicted octanol–water partition coefficient (Wildman–Crippen LogP) is 1.80. The first-order chi connectivity index (χ1) is 12.6. The molecular weight excluding hydrogens is 358 g/mol. The van der Waals surface area contributed by atoms with E-state index in [9.17, 15) is 14.7 Å². The Bertz CT molecular complexity index is 847. The van der Waals surface area contributed by atoms with E-state index in [2.05, 4.69) is 5.32 Å². The molecule has 0 saturated carbocycles. The molecule has 0 unspecified atom stereocenters. The largest absolute Gasteiger partial charge is 0.503 e. The molecule has 2 aromatic rings. The predicted molar refractivity (Wildman–Crippen MR) is 97.5 cm³/mol. The summed E-state index contributed by atoms with van der Waals surface area (Å²) in [5.74, 6) is -0.423. The van der Waals surface area contributed by atoms with E-state index in [0.29, 0.717) is 18.1 Å². The Balaban J connectivity index is 1.68. The number of amides is 1. The molecule has 0 radical (unpaired) electrons. The van der Waals surface area contributed by atoms with Gasteiger partial charge in [0.25, 0.3) is 5.56 Å². The van der Waals surface area contributed by atoms with E-state index in [1.165, 1.54) is 4.57 Å². The second kappa shape index (κ2) is 8.25. The van der Waals surface area contributed by atoms with Crippen LogP contribution in [0.3, 0.4) is 0 Å². The molecule has 7 nitrogen and oxygen atoms in total. The van der Waals surface area contributed by atoms with E-state index in [4.69, 9.17) is 16.3 Å². The first-order valence-electron chi connectivity index (χ1n) is 8.33. The molecule has 26 heavy (non-hydrogen) atoms. The SMILES string of the molecule is O=C(OCc1ccn(Cc2ccccc2Cl)c(=O)c1O)N1CCNCC1. The van der Waals surface area contributed by atoms with Gasteiger partial charge in [0.2, 0.25) is 0 Å². The molecule has 0 spiro atoms. The molecule has 1 aromatic heterocycles. The van der Waals surface area contributed by atoms with Crippen molar-refractivity contribution in [1.82, 2.24) is 14.8 Å². The first kappa shape index (κ1) is 18.3. The lowest BCUT2D eigenvalue weighted by Gasteiger charge is -2.26. The lowest BCUT2D eigenvalue weighted by atomic mass is 10.2. The molecule has 0 aliphatic carbocycles. The number of piperazine rings is 1. The molecule has 1 saturated heterocycles. The third-order valence-electron chi connectivity index (χ3n) is 4.25. The molecule has 1 amide bonds. The summed E-state index contributed by atoms with van der Waals surface area (Å²) >= 11 is 6.11. The van der Waals surface area contributed by atoms with E-state index in [0.717, 1.165) is 18.7 Å². The second-order valence-corrected chi connectivity index (χ2v) is 6.41. The van der Waals surface area contributed by atoms with Crippen molar-refractivity contribution in [2.24, 2.45) is 0 Å². The number of aromatic nitrogens is 1. The number of nitrogens with zero attached hydrogens (tertiary/aromatic N) is 2. The van der Waals surface area contributed by atoms with Crippen molar-refractivity contribution in [1.29, 1.82) is 0 Å². The monoisotopic (exact) mass is 377 g/mol. The molecular formula is C18H20ClN3O4. The van der Waals surface area contributed by atoms with Crippen LogP contribution in [0.1, 0.15) is 11.1 Å². The van der Waals surface area contributed by atoms with Crippen molar-refractivity contribution in [2.75, 3.05) is 26.2 Å². The van der Waals surface area contributed by atoms with Gasteiger partial charge in [0.1, 0.15) is 6.61 Å². The summed E-state index contributed by atoms with van der Waals surface area (Å²) in [6.07, 6.45) is 1.10. The maximum absolute atomic E-state index is 12.4. The average molecular weight is 378 g/mol. The Morgan fingerprint density at radius 2 is 1.92 bits per heavy atom. The standard InChI is InChI=1S/C18H20ClN3O4/c19-15-4-2-1-3-13(15)11-22-8-5-14(16(23)17(22)24)12-26-18(25)21-9-6-20-7-10-21/h1-5,8,20,23H,6-7,9-12H2. The number of halogens is 1. The minimum atomic E-state index is -0.555. The fraction of sp³-hybridized carbons (Fsp3) is 0.333. The lowest BCUT2D eigenvalue weighted by Crippen LogP contribution is -2.46. The van der Waals surface area contributed by atoms with Crippen LogP contribution in [-0.2, 0) is 17.9 Å². The molecule has 1 aromatic carbocycles. The van der Waals surface area contributed by atoms with Crippen LogP contribution in [0.5, 0.6) is 5.75 Å². The van der Waals surface area contributed by atoms with Crippen LogP contribution in [-0.4, -0.2) is 46.8 Å². The summed E-state index contributed by atoms with van der Waals surface area (Å²) in [4.78, 5) is 26.0. The second-order valence-electron chi connectivity index (χ2n) is 6.01. The number of hydrogen-bond donors (Lipinski definition) is 2. The Morgan fingerprint density at radius 3 is 2.65 bits per heavy atom. The van der Waals surface area contributed by atoms with Gasteiger partial charge in [0.15, 0.2) is 5.75 Å². The van der Waals surface area contributed by atoms with Gasteiger partial charge in [-0.2, -0.15) is 0 Å². The van der Waals surface area contributed by atoms with Crippen LogP contribution < -0.4 is 10.9 Å². The highest BCUT2D eigenvalue weighted by Crippen LogP contribution is 2.17. The number of benzene rings is 1. The first-order valence-corrected chi connectivity index (χ1v) is 8.71. The van der Waals surface area contributed by atoms with Crippen molar-refractivity contribution >= 4 is 17.7 Å². The van der Waals surface area contributed by atoms with Gasteiger partial charge in [-0.05, 0) is 17.7 Å². The van der Waals surface area contributed by atoms with Crippen LogP contribution in [0.4, 0.5) is 4.79 Å². The number of nitrogens with one attached hydrogen (secondary N) is 1. The topological polar surface area (TPSA) is 83.8 Å². The normalized spacial score (nSPS) is 14.3. The van der Waals surface area contributed by atoms with Crippen LogP contribution in [0, 0.1) is 0 Å². The smallest absolute Gasteiger partial charge is 0.410 e. The molecule has 8 heteroatoms. The third kappa shape index (κ3) is 4.17. The molecule has 2 N–H and O–H groups in total. The van der Waals surface area contributed by atoms with Crippen molar-refractivity contribution < 1.29 is 14.6 Å². The average Bonchev–Trinajstić information content (AvgIpc) is 2.67. The lowest BCUT2D eigenvalue weighted by molar-refractivity contribution is 0.0911. The molecule has 2 heterocycles. The van der Waals surface area contributed by atoms with Crippen molar-refractivity contribution in [3.05, 3.63) is 63.0 Å². The molecule has 0 bridgehead atoms. The quantitative estimate of drug-likeness (QED) is 0.848. The third-order valence-corrected chi connectivity index (χ3v) is 4.62. The zero-order valence-electron chi connectivity index (χ0n) is 14.2. The number of pyridine rings is 1. The Morgan fingerprint density at radius 1 is 1.19 bits per heavy atom. The molecule has 3 rings (SSSR count). The van der Waals surface area contributed by atoms with E-state index in [1.54, 1.807) is 23.2 Å². The summed E-state index contributed by atoms with van der Waals surface area (Å²) < 4.78 is 6.57. The minimum Gasteiger partial charge on any atom is -0.503 e. The highest BCUT2D eigenvalue weighted by atomic mass is 35.5. The maximum atomic E-state index is 12.4. The molecule has 1 aliphatic rings. The van der Waals surface area contributed by atoms with Crippen LogP contribution in [0.25, 0.3) is 0 Å². The van der Waals surface area contributed by atoms with Gasteiger partial charge in [0.05, 0.1) is 6.54 Å². The molecule has 0 atom stereocenters. The van der Waals surface area contributed by atoms with Gasteiger partial charge in [-0.1, -0.05) is 29.8 Å². The van der Waals surface area contributed by atoms with Crippen molar-refractivity contribution in [2.45, 2.75) is 13.2 Å². The van der Waals surface area contributed by atoms with Gasteiger partial charge in [-0.3, -0.25) is 4.79 Å². The molecule has 1 fully saturated rings. The van der Waals surface area contributed by atoms with Gasteiger partial charge in [-0.15, -0.1) is 0 Å². The van der Waals surface area contributed by atoms with E-state index < -0.39 is 17.4 Å². The highest BCUT2D eigenvalue weighted by Gasteiger charge is 2.18. The van der Waals surface area contributed by atoms with Crippen LogP contribution in [0.2, 0.25) is 5.02 Å². The van der Waals surface area contributed by atoms with E-state index in [-0.39, 0.29) is 18.7 Å². The summed E-state index contributed by atoms with van der Waals surface area (Å²) in [5.41, 5.74) is 0.489. The maximum Gasteiger partial charge on any atom is 0.410 e. The van der Waals surface area contributed by atoms with Crippen molar-refractivity contribution in [3.63, 3.8) is 0 Å². The number of aromatic hydroxyl groups is 1. The van der Waals surface area contributed by atoms with Gasteiger partial charge in [-0.25, -0.2) is 4.79 Å². The van der Waals surface area contributed by atoms with Gasteiger partial charge < -0.3 is 24.6 Å². The molecule has 1 aliphatic heterocycles. The Labute approximate surface area is 155 Å². The zero-order chi connectivity index (χ0) is 18.5. The van der Waals surface area contributed by atoms with Crippen LogP contribution in [0.15, 0.2) is 41.3 Å².